The minimum atomic E-state index is 0.0411. The Morgan fingerprint density at radius 3 is 2.67 bits per heavy atom. The van der Waals surface area contributed by atoms with Crippen LogP contribution < -0.4 is 14.8 Å². The lowest BCUT2D eigenvalue weighted by atomic mass is 10.0. The molecule has 0 bridgehead atoms. The summed E-state index contributed by atoms with van der Waals surface area (Å²) in [6.07, 6.45) is 1.10. The molecule has 4 heteroatoms. The molecular formula is C17H27NO3. The van der Waals surface area contributed by atoms with E-state index in [1.54, 1.807) is 0 Å². The van der Waals surface area contributed by atoms with Crippen molar-refractivity contribution < 1.29 is 14.2 Å². The lowest BCUT2D eigenvalue weighted by molar-refractivity contribution is -0.0487. The van der Waals surface area contributed by atoms with Crippen LogP contribution in [0.2, 0.25) is 0 Å². The van der Waals surface area contributed by atoms with Gasteiger partial charge in [0.25, 0.3) is 0 Å². The minimum absolute atomic E-state index is 0.0411. The van der Waals surface area contributed by atoms with Crippen molar-refractivity contribution in [3.05, 3.63) is 24.3 Å². The van der Waals surface area contributed by atoms with Gasteiger partial charge >= 0.3 is 0 Å². The molecule has 0 saturated carbocycles. The fourth-order valence-electron chi connectivity index (χ4n) is 2.55. The highest BCUT2D eigenvalue weighted by molar-refractivity contribution is 5.39. The number of benzene rings is 1. The van der Waals surface area contributed by atoms with E-state index in [1.807, 2.05) is 31.2 Å². The van der Waals surface area contributed by atoms with Crippen molar-refractivity contribution in [3.8, 4) is 11.5 Å². The Kier molecular flexibility index (Phi) is 6.33. The molecule has 1 aromatic rings. The third-order valence-corrected chi connectivity index (χ3v) is 3.50. The lowest BCUT2D eigenvalue weighted by Gasteiger charge is -2.32. The fourth-order valence-corrected chi connectivity index (χ4v) is 2.55. The van der Waals surface area contributed by atoms with E-state index in [4.69, 9.17) is 14.2 Å². The van der Waals surface area contributed by atoms with Crippen LogP contribution in [0.3, 0.4) is 0 Å². The van der Waals surface area contributed by atoms with Crippen LogP contribution in [0.25, 0.3) is 0 Å². The average molecular weight is 293 g/mol. The first kappa shape index (κ1) is 16.1. The fraction of sp³-hybridized carbons (Fsp3) is 0.647. The Bertz CT molecular complexity index is 416. The zero-order valence-electron chi connectivity index (χ0n) is 13.3. The maximum absolute atomic E-state index is 6.26. The lowest BCUT2D eigenvalue weighted by Crippen LogP contribution is -2.47. The number of ether oxygens (including phenoxy) is 3. The second kappa shape index (κ2) is 8.25. The van der Waals surface area contributed by atoms with E-state index in [9.17, 15) is 0 Å². The molecule has 118 valence electrons. The van der Waals surface area contributed by atoms with Crippen molar-refractivity contribution in [1.82, 2.24) is 5.32 Å². The highest BCUT2D eigenvalue weighted by Gasteiger charge is 2.27. The van der Waals surface area contributed by atoms with Gasteiger partial charge in [-0.3, -0.25) is 0 Å². The summed E-state index contributed by atoms with van der Waals surface area (Å²) >= 11 is 0. The molecule has 4 nitrogen and oxygen atoms in total. The molecule has 0 spiro atoms. The standard InChI is InChI=1S/C17H27NO3/c1-4-19-14-7-5-6-8-15(14)21-16(11-13(2)3)17-12-18-9-10-20-17/h5-8,13,16-18H,4,9-12H2,1-3H3/t16-,17-/m0/s1. The predicted octanol–water partition coefficient (Wildman–Crippen LogP) is 2.87. The Hall–Kier alpha value is -1.26. The molecule has 0 aromatic heterocycles. The van der Waals surface area contributed by atoms with Crippen molar-refractivity contribution in [2.24, 2.45) is 5.92 Å². The largest absolute Gasteiger partial charge is 0.490 e. The Balaban J connectivity index is 2.10. The summed E-state index contributed by atoms with van der Waals surface area (Å²) in [7, 11) is 0. The molecule has 1 aliphatic rings. The number of hydrogen-bond acceptors (Lipinski definition) is 4. The van der Waals surface area contributed by atoms with Gasteiger partial charge in [0, 0.05) is 13.1 Å². The summed E-state index contributed by atoms with van der Waals surface area (Å²) in [5, 5.41) is 3.38. The Labute approximate surface area is 127 Å². The van der Waals surface area contributed by atoms with Crippen LogP contribution in [0.15, 0.2) is 24.3 Å². The third kappa shape index (κ3) is 4.90. The number of nitrogens with one attached hydrogen (secondary N) is 1. The average Bonchev–Trinajstić information content (AvgIpc) is 2.49. The van der Waals surface area contributed by atoms with E-state index in [0.717, 1.165) is 37.6 Å². The van der Waals surface area contributed by atoms with E-state index >= 15 is 0 Å². The first-order valence-electron chi connectivity index (χ1n) is 7.91. The molecule has 1 aromatic carbocycles. The normalized spacial score (nSPS) is 20.3. The van der Waals surface area contributed by atoms with Crippen LogP contribution in [0.1, 0.15) is 27.2 Å². The first-order valence-corrected chi connectivity index (χ1v) is 7.91. The van der Waals surface area contributed by atoms with E-state index < -0.39 is 0 Å². The molecule has 1 N–H and O–H groups in total. The summed E-state index contributed by atoms with van der Waals surface area (Å²) in [4.78, 5) is 0. The van der Waals surface area contributed by atoms with Crippen molar-refractivity contribution >= 4 is 0 Å². The summed E-state index contributed by atoms with van der Waals surface area (Å²) < 4.78 is 17.8. The smallest absolute Gasteiger partial charge is 0.161 e. The van der Waals surface area contributed by atoms with Gasteiger partial charge in [-0.25, -0.2) is 0 Å². The van der Waals surface area contributed by atoms with E-state index in [2.05, 4.69) is 19.2 Å². The number of rotatable bonds is 7. The van der Waals surface area contributed by atoms with Crippen LogP contribution in [-0.2, 0) is 4.74 Å². The summed E-state index contributed by atoms with van der Waals surface area (Å²) in [6.45, 7) is 9.54. The van der Waals surface area contributed by atoms with Gasteiger partial charge in [0.15, 0.2) is 11.5 Å². The van der Waals surface area contributed by atoms with Crippen LogP contribution in [-0.4, -0.2) is 38.5 Å². The number of morpholine rings is 1. The molecule has 1 heterocycles. The van der Waals surface area contributed by atoms with Gasteiger partial charge in [0.2, 0.25) is 0 Å². The maximum Gasteiger partial charge on any atom is 0.161 e. The van der Waals surface area contributed by atoms with E-state index in [0.29, 0.717) is 12.5 Å². The van der Waals surface area contributed by atoms with Gasteiger partial charge in [-0.1, -0.05) is 26.0 Å². The molecule has 0 unspecified atom stereocenters. The molecule has 2 atom stereocenters. The van der Waals surface area contributed by atoms with E-state index in [1.165, 1.54) is 0 Å². The SMILES string of the molecule is CCOc1ccccc1O[C@@H](CC(C)C)[C@@H]1CNCCO1. The van der Waals surface area contributed by atoms with E-state index in [-0.39, 0.29) is 12.2 Å². The second-order valence-corrected chi connectivity index (χ2v) is 5.78. The first-order chi connectivity index (χ1) is 10.2. The van der Waals surface area contributed by atoms with Gasteiger partial charge in [-0.15, -0.1) is 0 Å². The maximum atomic E-state index is 6.26. The molecule has 1 fully saturated rings. The van der Waals surface area contributed by atoms with Crippen molar-refractivity contribution in [2.45, 2.75) is 39.4 Å². The molecule has 0 radical (unpaired) electrons. The summed E-state index contributed by atoms with van der Waals surface area (Å²) in [5.41, 5.74) is 0. The van der Waals surface area contributed by atoms with Gasteiger partial charge in [0.05, 0.1) is 13.2 Å². The third-order valence-electron chi connectivity index (χ3n) is 3.50. The predicted molar refractivity (Wildman–Crippen MR) is 84.1 cm³/mol. The topological polar surface area (TPSA) is 39.7 Å². The summed E-state index contributed by atoms with van der Waals surface area (Å²) in [6, 6.07) is 7.86. The van der Waals surface area contributed by atoms with Crippen LogP contribution in [0.5, 0.6) is 11.5 Å². The number of hydrogen-bond donors (Lipinski definition) is 1. The van der Waals surface area contributed by atoms with Gasteiger partial charge in [-0.05, 0) is 31.4 Å². The van der Waals surface area contributed by atoms with Crippen molar-refractivity contribution in [2.75, 3.05) is 26.3 Å². The summed E-state index contributed by atoms with van der Waals surface area (Å²) in [5.74, 6) is 2.16. The van der Waals surface area contributed by atoms with Crippen molar-refractivity contribution in [1.29, 1.82) is 0 Å². The van der Waals surface area contributed by atoms with Gasteiger partial charge < -0.3 is 19.5 Å². The minimum Gasteiger partial charge on any atom is -0.490 e. The van der Waals surface area contributed by atoms with Crippen LogP contribution in [0, 0.1) is 5.92 Å². The highest BCUT2D eigenvalue weighted by atomic mass is 16.6. The zero-order valence-corrected chi connectivity index (χ0v) is 13.3. The van der Waals surface area contributed by atoms with Crippen LogP contribution >= 0.6 is 0 Å². The molecule has 21 heavy (non-hydrogen) atoms. The zero-order chi connectivity index (χ0) is 15.1. The quantitative estimate of drug-likeness (QED) is 0.839. The second-order valence-electron chi connectivity index (χ2n) is 5.78. The monoisotopic (exact) mass is 293 g/mol. The van der Waals surface area contributed by atoms with Gasteiger partial charge in [-0.2, -0.15) is 0 Å². The molecular weight excluding hydrogens is 266 g/mol. The number of para-hydroxylation sites is 2. The molecule has 2 rings (SSSR count). The highest BCUT2D eigenvalue weighted by Crippen LogP contribution is 2.29. The molecule has 1 aliphatic heterocycles. The van der Waals surface area contributed by atoms with Crippen molar-refractivity contribution in [3.63, 3.8) is 0 Å². The molecule has 0 amide bonds. The van der Waals surface area contributed by atoms with Gasteiger partial charge in [0.1, 0.15) is 12.2 Å². The molecule has 0 aliphatic carbocycles. The van der Waals surface area contributed by atoms with Crippen LogP contribution in [0.4, 0.5) is 0 Å². The Morgan fingerprint density at radius 2 is 2.05 bits per heavy atom. The molecule has 1 saturated heterocycles. The Morgan fingerprint density at radius 1 is 1.29 bits per heavy atom.